The average Bonchev–Trinajstić information content (AvgIpc) is 2.46. The third kappa shape index (κ3) is 6.67. The molecule has 2 saturated heterocycles. The number of hydrogen-bond donors (Lipinski definition) is 1. The van der Waals surface area contributed by atoms with Crippen LogP contribution >= 0.6 is 0 Å². The van der Waals surface area contributed by atoms with Crippen molar-refractivity contribution in [2.45, 2.75) is 38.8 Å². The molecule has 1 N–H and O–H groups in total. The van der Waals surface area contributed by atoms with Crippen LogP contribution in [0.5, 0.6) is 0 Å². The highest BCUT2D eigenvalue weighted by Crippen LogP contribution is 2.22. The zero-order valence-corrected chi connectivity index (χ0v) is 13.9. The molecule has 4 nitrogen and oxygen atoms in total. The molecule has 0 bridgehead atoms. The van der Waals surface area contributed by atoms with E-state index in [9.17, 15) is 18.0 Å². The zero-order chi connectivity index (χ0) is 16.9. The Balaban J connectivity index is 1.61. The van der Waals surface area contributed by atoms with Crippen LogP contribution in [-0.4, -0.2) is 67.7 Å². The fourth-order valence-corrected chi connectivity index (χ4v) is 3.58. The van der Waals surface area contributed by atoms with Crippen molar-refractivity contribution in [3.63, 3.8) is 0 Å². The van der Waals surface area contributed by atoms with Gasteiger partial charge in [0.1, 0.15) is 0 Å². The molecule has 2 heterocycles. The Morgan fingerprint density at radius 1 is 1.13 bits per heavy atom. The lowest BCUT2D eigenvalue weighted by atomic mass is 9.96. The first kappa shape index (κ1) is 18.5. The zero-order valence-electron chi connectivity index (χ0n) is 13.9. The van der Waals surface area contributed by atoms with Crippen LogP contribution in [0.3, 0.4) is 0 Å². The van der Waals surface area contributed by atoms with E-state index in [0.29, 0.717) is 32.5 Å². The van der Waals surface area contributed by atoms with Crippen molar-refractivity contribution in [2.24, 2.45) is 11.8 Å². The first-order chi connectivity index (χ1) is 10.8. The highest BCUT2D eigenvalue weighted by atomic mass is 19.4. The fraction of sp³-hybridized carbons (Fsp3) is 0.938. The molecule has 0 aromatic heterocycles. The number of halogens is 3. The first-order valence-corrected chi connectivity index (χ1v) is 8.62. The Bertz CT molecular complexity index is 381. The second kappa shape index (κ2) is 8.33. The summed E-state index contributed by atoms with van der Waals surface area (Å²) in [6.45, 7) is 5.76. The lowest BCUT2D eigenvalue weighted by Crippen LogP contribution is -2.45. The van der Waals surface area contributed by atoms with Gasteiger partial charge in [-0.25, -0.2) is 0 Å². The van der Waals surface area contributed by atoms with E-state index < -0.39 is 12.7 Å². The van der Waals surface area contributed by atoms with Gasteiger partial charge in [-0.2, -0.15) is 13.2 Å². The molecule has 2 rings (SSSR count). The Morgan fingerprint density at radius 2 is 1.83 bits per heavy atom. The molecule has 1 unspecified atom stereocenters. The molecule has 0 aromatic carbocycles. The number of carbonyl (C=O) groups excluding carboxylic acids is 1. The summed E-state index contributed by atoms with van der Waals surface area (Å²) < 4.78 is 37.0. The van der Waals surface area contributed by atoms with E-state index in [1.54, 1.807) is 0 Å². The molecule has 2 aliphatic rings. The summed E-state index contributed by atoms with van der Waals surface area (Å²) in [6, 6.07) is 0. The van der Waals surface area contributed by atoms with Crippen LogP contribution in [0.4, 0.5) is 13.2 Å². The molecule has 134 valence electrons. The molecule has 0 spiro atoms. The topological polar surface area (TPSA) is 35.6 Å². The van der Waals surface area contributed by atoms with Crippen molar-refractivity contribution >= 4 is 5.91 Å². The van der Waals surface area contributed by atoms with Gasteiger partial charge in [0.05, 0.1) is 6.54 Å². The predicted molar refractivity (Wildman–Crippen MR) is 83.1 cm³/mol. The molecule has 0 aliphatic carbocycles. The van der Waals surface area contributed by atoms with Crippen molar-refractivity contribution < 1.29 is 18.0 Å². The summed E-state index contributed by atoms with van der Waals surface area (Å²) in [5.74, 6) is 0.582. The maximum absolute atomic E-state index is 12.3. The van der Waals surface area contributed by atoms with E-state index in [2.05, 4.69) is 17.1 Å². The minimum Gasteiger partial charge on any atom is -0.355 e. The monoisotopic (exact) mass is 335 g/mol. The van der Waals surface area contributed by atoms with Gasteiger partial charge in [-0.05, 0) is 51.2 Å². The van der Waals surface area contributed by atoms with Gasteiger partial charge < -0.3 is 10.2 Å². The average molecular weight is 335 g/mol. The summed E-state index contributed by atoms with van der Waals surface area (Å²) in [5.41, 5.74) is 0. The number of piperidine rings is 2. The number of alkyl halides is 3. The van der Waals surface area contributed by atoms with Gasteiger partial charge in [-0.3, -0.25) is 9.69 Å². The van der Waals surface area contributed by atoms with Crippen LogP contribution in [0.15, 0.2) is 0 Å². The lowest BCUT2D eigenvalue weighted by molar-refractivity contribution is -0.149. The minimum atomic E-state index is -4.15. The van der Waals surface area contributed by atoms with Crippen LogP contribution in [0.2, 0.25) is 0 Å². The molecule has 1 amide bonds. The third-order valence-corrected chi connectivity index (χ3v) is 4.83. The maximum atomic E-state index is 12.3. The number of nitrogens with one attached hydrogen (secondary N) is 1. The molecule has 0 saturated carbocycles. The van der Waals surface area contributed by atoms with Crippen LogP contribution in [-0.2, 0) is 4.79 Å². The minimum absolute atomic E-state index is 0.00159. The number of likely N-dealkylation sites (tertiary alicyclic amines) is 2. The summed E-state index contributed by atoms with van der Waals surface area (Å²) in [4.78, 5) is 15.9. The molecule has 1 atom stereocenters. The van der Waals surface area contributed by atoms with E-state index in [4.69, 9.17) is 0 Å². The first-order valence-electron chi connectivity index (χ1n) is 8.62. The smallest absolute Gasteiger partial charge is 0.355 e. The molecule has 2 aliphatic heterocycles. The number of nitrogens with zero attached hydrogens (tertiary/aromatic N) is 2. The maximum Gasteiger partial charge on any atom is 0.401 e. The highest BCUT2D eigenvalue weighted by Gasteiger charge is 2.33. The molecule has 23 heavy (non-hydrogen) atoms. The SMILES string of the molecule is CC1CCCN(CCNC(=O)C2CCN(CC(F)(F)F)CC2)C1. The van der Waals surface area contributed by atoms with Gasteiger partial charge in [0.2, 0.25) is 5.91 Å². The van der Waals surface area contributed by atoms with Gasteiger partial charge in [0.15, 0.2) is 0 Å². The number of carbonyl (C=O) groups is 1. The van der Waals surface area contributed by atoms with Crippen molar-refractivity contribution in [2.75, 3.05) is 45.8 Å². The number of amides is 1. The van der Waals surface area contributed by atoms with E-state index in [-0.39, 0.29) is 11.8 Å². The van der Waals surface area contributed by atoms with Gasteiger partial charge in [-0.15, -0.1) is 0 Å². The second-order valence-corrected chi connectivity index (χ2v) is 7.00. The van der Waals surface area contributed by atoms with Gasteiger partial charge in [0.25, 0.3) is 0 Å². The Hall–Kier alpha value is -0.820. The van der Waals surface area contributed by atoms with Crippen molar-refractivity contribution in [1.82, 2.24) is 15.1 Å². The highest BCUT2D eigenvalue weighted by molar-refractivity contribution is 5.78. The van der Waals surface area contributed by atoms with Crippen LogP contribution in [0.1, 0.15) is 32.6 Å². The number of rotatable bonds is 5. The van der Waals surface area contributed by atoms with Gasteiger partial charge >= 0.3 is 6.18 Å². The molecular formula is C16H28F3N3O. The Kier molecular flexibility index (Phi) is 6.71. The second-order valence-electron chi connectivity index (χ2n) is 7.00. The van der Waals surface area contributed by atoms with E-state index >= 15 is 0 Å². The largest absolute Gasteiger partial charge is 0.401 e. The van der Waals surface area contributed by atoms with Crippen molar-refractivity contribution in [3.05, 3.63) is 0 Å². The molecule has 7 heteroatoms. The van der Waals surface area contributed by atoms with Gasteiger partial charge in [-0.1, -0.05) is 6.92 Å². The Labute approximate surface area is 136 Å². The van der Waals surface area contributed by atoms with Gasteiger partial charge in [0, 0.05) is 25.6 Å². The lowest BCUT2D eigenvalue weighted by Gasteiger charge is -2.32. The normalized spacial score (nSPS) is 25.5. The van der Waals surface area contributed by atoms with Crippen LogP contribution in [0.25, 0.3) is 0 Å². The predicted octanol–water partition coefficient (Wildman–Crippen LogP) is 2.11. The summed E-state index contributed by atoms with van der Waals surface area (Å²) in [7, 11) is 0. The quantitative estimate of drug-likeness (QED) is 0.836. The van der Waals surface area contributed by atoms with E-state index in [1.165, 1.54) is 17.7 Å². The molecular weight excluding hydrogens is 307 g/mol. The van der Waals surface area contributed by atoms with Crippen molar-refractivity contribution in [1.29, 1.82) is 0 Å². The fourth-order valence-electron chi connectivity index (χ4n) is 3.58. The summed E-state index contributed by atoms with van der Waals surface area (Å²) >= 11 is 0. The standard InChI is InChI=1S/C16H28F3N3O/c1-13-3-2-7-21(11-13)10-6-20-15(23)14-4-8-22(9-5-14)12-16(17,18)19/h13-14H,2-12H2,1H3,(H,20,23). The molecule has 0 aromatic rings. The van der Waals surface area contributed by atoms with Crippen LogP contribution in [0, 0.1) is 11.8 Å². The molecule has 2 fully saturated rings. The van der Waals surface area contributed by atoms with E-state index in [1.807, 2.05) is 0 Å². The van der Waals surface area contributed by atoms with E-state index in [0.717, 1.165) is 25.6 Å². The third-order valence-electron chi connectivity index (χ3n) is 4.83. The molecule has 0 radical (unpaired) electrons. The number of hydrogen-bond acceptors (Lipinski definition) is 3. The summed E-state index contributed by atoms with van der Waals surface area (Å²) in [5, 5.41) is 2.96. The van der Waals surface area contributed by atoms with Crippen LogP contribution < -0.4 is 5.32 Å². The van der Waals surface area contributed by atoms with Crippen molar-refractivity contribution in [3.8, 4) is 0 Å². The summed E-state index contributed by atoms with van der Waals surface area (Å²) in [6.07, 6.45) is -0.627. The Morgan fingerprint density at radius 3 is 2.43 bits per heavy atom.